The van der Waals surface area contributed by atoms with Gasteiger partial charge in [0.15, 0.2) is 0 Å². The SMILES string of the molecule is CCOC(=O)C(F)(F)C(=Nc1ccc(OC)cc1)c1ccccc1. The molecular formula is C18H17F2NO3. The van der Waals surface area contributed by atoms with Crippen LogP contribution >= 0.6 is 0 Å². The van der Waals surface area contributed by atoms with Crippen LogP contribution in [-0.2, 0) is 9.53 Å². The van der Waals surface area contributed by atoms with Crippen LogP contribution in [0.25, 0.3) is 0 Å². The van der Waals surface area contributed by atoms with Crippen LogP contribution < -0.4 is 4.74 Å². The Balaban J connectivity index is 2.50. The van der Waals surface area contributed by atoms with Crippen molar-refractivity contribution in [2.45, 2.75) is 12.8 Å². The number of methoxy groups -OCH3 is 1. The van der Waals surface area contributed by atoms with Crippen molar-refractivity contribution < 1.29 is 23.0 Å². The van der Waals surface area contributed by atoms with Crippen molar-refractivity contribution in [1.82, 2.24) is 0 Å². The van der Waals surface area contributed by atoms with Gasteiger partial charge in [-0.3, -0.25) is 0 Å². The quantitative estimate of drug-likeness (QED) is 0.593. The minimum atomic E-state index is -3.86. The van der Waals surface area contributed by atoms with Gasteiger partial charge in [-0.15, -0.1) is 0 Å². The van der Waals surface area contributed by atoms with Crippen LogP contribution in [0.3, 0.4) is 0 Å². The van der Waals surface area contributed by atoms with Crippen LogP contribution in [-0.4, -0.2) is 31.3 Å². The lowest BCUT2D eigenvalue weighted by atomic mass is 10.0. The Labute approximate surface area is 138 Å². The summed E-state index contributed by atoms with van der Waals surface area (Å²) in [6, 6.07) is 14.1. The lowest BCUT2D eigenvalue weighted by molar-refractivity contribution is -0.162. The Bertz CT molecular complexity index is 713. The molecule has 0 aliphatic rings. The maximum Gasteiger partial charge on any atom is 0.384 e. The Morgan fingerprint density at radius 3 is 2.25 bits per heavy atom. The largest absolute Gasteiger partial charge is 0.497 e. The van der Waals surface area contributed by atoms with Gasteiger partial charge in [-0.1, -0.05) is 30.3 Å². The van der Waals surface area contributed by atoms with E-state index in [1.165, 1.54) is 38.3 Å². The first-order chi connectivity index (χ1) is 11.5. The highest BCUT2D eigenvalue weighted by molar-refractivity contribution is 6.17. The highest BCUT2D eigenvalue weighted by Crippen LogP contribution is 2.27. The van der Waals surface area contributed by atoms with E-state index in [-0.39, 0.29) is 17.9 Å². The first-order valence-corrected chi connectivity index (χ1v) is 7.32. The van der Waals surface area contributed by atoms with E-state index in [2.05, 4.69) is 9.73 Å². The Morgan fingerprint density at radius 2 is 1.71 bits per heavy atom. The summed E-state index contributed by atoms with van der Waals surface area (Å²) in [6.07, 6.45) is 0. The average Bonchev–Trinajstić information content (AvgIpc) is 2.61. The Hall–Kier alpha value is -2.76. The van der Waals surface area contributed by atoms with Crippen molar-refractivity contribution in [3.63, 3.8) is 0 Å². The van der Waals surface area contributed by atoms with E-state index in [9.17, 15) is 13.6 Å². The highest BCUT2D eigenvalue weighted by atomic mass is 19.3. The third kappa shape index (κ3) is 3.95. The molecule has 0 amide bonds. The number of benzene rings is 2. The molecule has 0 N–H and O–H groups in total. The zero-order valence-corrected chi connectivity index (χ0v) is 13.3. The van der Waals surface area contributed by atoms with Crippen LogP contribution in [0.4, 0.5) is 14.5 Å². The van der Waals surface area contributed by atoms with Crippen molar-refractivity contribution in [3.05, 3.63) is 60.2 Å². The van der Waals surface area contributed by atoms with Crippen LogP contribution in [0.5, 0.6) is 5.75 Å². The van der Waals surface area contributed by atoms with Crippen molar-refractivity contribution in [2.24, 2.45) is 4.99 Å². The molecule has 126 valence electrons. The number of ether oxygens (including phenoxy) is 2. The number of carbonyl (C=O) groups is 1. The monoisotopic (exact) mass is 333 g/mol. The van der Waals surface area contributed by atoms with E-state index < -0.39 is 17.6 Å². The number of carbonyl (C=O) groups excluding carboxylic acids is 1. The second-order valence-electron chi connectivity index (χ2n) is 4.82. The number of esters is 1. The van der Waals surface area contributed by atoms with Gasteiger partial charge in [-0.05, 0) is 31.2 Å². The van der Waals surface area contributed by atoms with Gasteiger partial charge in [0.25, 0.3) is 0 Å². The molecule has 0 saturated heterocycles. The van der Waals surface area contributed by atoms with Crippen LogP contribution in [0.15, 0.2) is 59.6 Å². The summed E-state index contributed by atoms with van der Waals surface area (Å²) in [5.74, 6) is -4.91. The molecule has 24 heavy (non-hydrogen) atoms. The summed E-state index contributed by atoms with van der Waals surface area (Å²) in [4.78, 5) is 15.7. The smallest absolute Gasteiger partial charge is 0.384 e. The summed E-state index contributed by atoms with van der Waals surface area (Å²) in [6.45, 7) is 1.33. The molecule has 6 heteroatoms. The molecule has 2 aromatic rings. The summed E-state index contributed by atoms with van der Waals surface area (Å²) in [5, 5.41) is 0. The van der Waals surface area contributed by atoms with Gasteiger partial charge >= 0.3 is 11.9 Å². The van der Waals surface area contributed by atoms with Gasteiger partial charge in [0.2, 0.25) is 0 Å². The van der Waals surface area contributed by atoms with Gasteiger partial charge in [0.05, 0.1) is 19.4 Å². The summed E-state index contributed by atoms with van der Waals surface area (Å²) in [7, 11) is 1.50. The predicted octanol–water partition coefficient (Wildman–Crippen LogP) is 4.01. The fourth-order valence-corrected chi connectivity index (χ4v) is 2.02. The molecule has 0 bridgehead atoms. The first-order valence-electron chi connectivity index (χ1n) is 7.32. The lowest BCUT2D eigenvalue weighted by Crippen LogP contribution is -2.40. The Kier molecular flexibility index (Phi) is 5.63. The predicted molar refractivity (Wildman–Crippen MR) is 87.2 cm³/mol. The maximum atomic E-state index is 14.6. The van der Waals surface area contributed by atoms with Crippen LogP contribution in [0, 0.1) is 0 Å². The number of rotatable bonds is 6. The fraction of sp³-hybridized carbons (Fsp3) is 0.222. The molecule has 2 aromatic carbocycles. The number of hydrogen-bond donors (Lipinski definition) is 0. The standard InChI is InChI=1S/C18H17F2NO3/c1-3-24-17(22)18(19,20)16(13-7-5-4-6-8-13)21-14-9-11-15(23-2)12-10-14/h4-12H,3H2,1-2H3. The van der Waals surface area contributed by atoms with Crippen molar-refractivity contribution >= 4 is 17.4 Å². The second-order valence-corrected chi connectivity index (χ2v) is 4.82. The summed E-state index contributed by atoms with van der Waals surface area (Å²) < 4.78 is 38.6. The minimum absolute atomic E-state index is 0.140. The number of halogens is 2. The summed E-state index contributed by atoms with van der Waals surface area (Å²) >= 11 is 0. The Morgan fingerprint density at radius 1 is 1.08 bits per heavy atom. The third-order valence-electron chi connectivity index (χ3n) is 3.19. The molecule has 0 aliphatic heterocycles. The van der Waals surface area contributed by atoms with E-state index in [4.69, 9.17) is 4.74 Å². The molecule has 0 aliphatic carbocycles. The maximum absolute atomic E-state index is 14.6. The number of nitrogens with zero attached hydrogens (tertiary/aromatic N) is 1. The molecule has 0 heterocycles. The zero-order chi connectivity index (χ0) is 17.6. The van der Waals surface area contributed by atoms with Crippen LogP contribution in [0.2, 0.25) is 0 Å². The first kappa shape index (κ1) is 17.6. The van der Waals surface area contributed by atoms with Crippen molar-refractivity contribution in [1.29, 1.82) is 0 Å². The van der Waals surface area contributed by atoms with Gasteiger partial charge in [0, 0.05) is 5.56 Å². The summed E-state index contributed by atoms with van der Waals surface area (Å²) in [5.41, 5.74) is -0.239. The molecular weight excluding hydrogens is 316 g/mol. The van der Waals surface area contributed by atoms with Crippen molar-refractivity contribution in [2.75, 3.05) is 13.7 Å². The number of hydrogen-bond acceptors (Lipinski definition) is 4. The molecule has 0 aromatic heterocycles. The molecule has 0 radical (unpaired) electrons. The van der Waals surface area contributed by atoms with E-state index >= 15 is 0 Å². The van der Waals surface area contributed by atoms with Gasteiger partial charge in [0.1, 0.15) is 11.5 Å². The third-order valence-corrected chi connectivity index (χ3v) is 3.19. The fourth-order valence-electron chi connectivity index (χ4n) is 2.02. The van der Waals surface area contributed by atoms with Crippen molar-refractivity contribution in [3.8, 4) is 5.75 Å². The lowest BCUT2D eigenvalue weighted by Gasteiger charge is -2.17. The second kappa shape index (κ2) is 7.68. The van der Waals surface area contributed by atoms with E-state index in [0.717, 1.165) is 0 Å². The van der Waals surface area contributed by atoms with Gasteiger partial charge in [-0.25, -0.2) is 9.79 Å². The molecule has 0 atom stereocenters. The van der Waals surface area contributed by atoms with Crippen LogP contribution in [0.1, 0.15) is 12.5 Å². The van der Waals surface area contributed by atoms with Gasteiger partial charge in [-0.2, -0.15) is 8.78 Å². The topological polar surface area (TPSA) is 47.9 Å². The molecule has 0 unspecified atom stereocenters. The average molecular weight is 333 g/mol. The van der Waals surface area contributed by atoms with Gasteiger partial charge < -0.3 is 9.47 Å². The molecule has 0 spiro atoms. The number of aliphatic imine (C=N–C) groups is 1. The number of alkyl halides is 2. The molecule has 0 saturated carbocycles. The minimum Gasteiger partial charge on any atom is -0.497 e. The van der Waals surface area contributed by atoms with E-state index in [1.807, 2.05) is 0 Å². The normalized spacial score (nSPS) is 11.9. The molecule has 0 fully saturated rings. The zero-order valence-electron chi connectivity index (χ0n) is 13.3. The highest BCUT2D eigenvalue weighted by Gasteiger charge is 2.47. The molecule has 4 nitrogen and oxygen atoms in total. The van der Waals surface area contributed by atoms with E-state index in [1.54, 1.807) is 30.3 Å². The van der Waals surface area contributed by atoms with E-state index in [0.29, 0.717) is 5.75 Å². The molecule has 2 rings (SSSR count).